The zero-order valence-electron chi connectivity index (χ0n) is 13.2. The van der Waals surface area contributed by atoms with E-state index in [4.69, 9.17) is 0 Å². The summed E-state index contributed by atoms with van der Waals surface area (Å²) in [6.45, 7) is 5.23. The van der Waals surface area contributed by atoms with Crippen LogP contribution in [0.3, 0.4) is 0 Å². The van der Waals surface area contributed by atoms with E-state index >= 15 is 0 Å². The Balaban J connectivity index is 1.88. The number of piperidine rings is 1. The molecular weight excluding hydrogens is 268 g/mol. The zero-order chi connectivity index (χ0) is 15.4. The van der Waals surface area contributed by atoms with Gasteiger partial charge in [0, 0.05) is 19.1 Å². The van der Waals surface area contributed by atoms with E-state index in [0.29, 0.717) is 19.5 Å². The van der Waals surface area contributed by atoms with Crippen LogP contribution in [-0.2, 0) is 4.79 Å². The molecule has 1 saturated heterocycles. The molecule has 0 aromatic rings. The lowest BCUT2D eigenvalue weighted by molar-refractivity contribution is -0.143. The minimum atomic E-state index is -0.789. The van der Waals surface area contributed by atoms with Crippen molar-refractivity contribution < 1.29 is 14.7 Å². The van der Waals surface area contributed by atoms with Crippen LogP contribution in [0.2, 0.25) is 0 Å². The van der Waals surface area contributed by atoms with Gasteiger partial charge in [-0.15, -0.1) is 0 Å². The molecule has 1 heterocycles. The van der Waals surface area contributed by atoms with Crippen molar-refractivity contribution in [3.05, 3.63) is 0 Å². The predicted molar refractivity (Wildman–Crippen MR) is 81.0 cm³/mol. The van der Waals surface area contributed by atoms with Gasteiger partial charge in [-0.25, -0.2) is 4.79 Å². The van der Waals surface area contributed by atoms with Crippen LogP contribution in [0.15, 0.2) is 0 Å². The molecule has 4 atom stereocenters. The summed E-state index contributed by atoms with van der Waals surface area (Å²) in [6.07, 6.45) is 6.40. The zero-order valence-corrected chi connectivity index (χ0v) is 13.2. The number of urea groups is 1. The van der Waals surface area contributed by atoms with Crippen molar-refractivity contribution in [1.82, 2.24) is 10.2 Å². The summed E-state index contributed by atoms with van der Waals surface area (Å²) >= 11 is 0. The van der Waals surface area contributed by atoms with E-state index in [1.807, 2.05) is 6.92 Å². The van der Waals surface area contributed by atoms with Gasteiger partial charge in [0.2, 0.25) is 0 Å². The molecule has 2 aliphatic rings. The van der Waals surface area contributed by atoms with E-state index in [-0.39, 0.29) is 18.0 Å². The van der Waals surface area contributed by atoms with Gasteiger partial charge in [-0.05, 0) is 31.1 Å². The van der Waals surface area contributed by atoms with Crippen LogP contribution >= 0.6 is 0 Å². The van der Waals surface area contributed by atoms with Crippen molar-refractivity contribution in [2.45, 2.75) is 58.4 Å². The van der Waals surface area contributed by atoms with Gasteiger partial charge in [-0.2, -0.15) is 0 Å². The summed E-state index contributed by atoms with van der Waals surface area (Å²) in [5.74, 6) is -0.242. The number of carboxylic acid groups (broad SMARTS) is 1. The van der Waals surface area contributed by atoms with Gasteiger partial charge in [0.15, 0.2) is 0 Å². The molecule has 2 rings (SSSR count). The highest BCUT2D eigenvalue weighted by atomic mass is 16.4. The topological polar surface area (TPSA) is 69.6 Å². The van der Waals surface area contributed by atoms with Gasteiger partial charge in [0.1, 0.15) is 0 Å². The van der Waals surface area contributed by atoms with E-state index in [1.54, 1.807) is 4.90 Å². The maximum atomic E-state index is 12.4. The van der Waals surface area contributed by atoms with Crippen molar-refractivity contribution >= 4 is 12.0 Å². The first-order chi connectivity index (χ1) is 9.99. The largest absolute Gasteiger partial charge is 0.481 e. The molecule has 5 nitrogen and oxygen atoms in total. The lowest BCUT2D eigenvalue weighted by Crippen LogP contribution is -2.52. The maximum absolute atomic E-state index is 12.4. The summed E-state index contributed by atoms with van der Waals surface area (Å²) in [6, 6.07) is 0.186. The third kappa shape index (κ3) is 4.35. The van der Waals surface area contributed by atoms with Crippen LogP contribution in [0.4, 0.5) is 4.79 Å². The number of hydrogen-bond donors (Lipinski definition) is 2. The van der Waals surface area contributed by atoms with Gasteiger partial charge in [-0.1, -0.05) is 33.1 Å². The van der Waals surface area contributed by atoms with E-state index < -0.39 is 11.9 Å². The Kier molecular flexibility index (Phi) is 5.48. The molecule has 120 valence electrons. The summed E-state index contributed by atoms with van der Waals surface area (Å²) in [5, 5.41) is 12.3. The number of rotatable bonds is 3. The van der Waals surface area contributed by atoms with Gasteiger partial charge in [0.25, 0.3) is 0 Å². The van der Waals surface area contributed by atoms with Gasteiger partial charge in [0.05, 0.1) is 5.92 Å². The quantitative estimate of drug-likeness (QED) is 0.841. The minimum absolute atomic E-state index is 0.0745. The molecule has 0 bridgehead atoms. The molecule has 0 spiro atoms. The highest BCUT2D eigenvalue weighted by molar-refractivity contribution is 5.76. The number of hydrogen-bond acceptors (Lipinski definition) is 2. The first-order valence-corrected chi connectivity index (χ1v) is 8.27. The fourth-order valence-corrected chi connectivity index (χ4v) is 3.76. The molecule has 5 heteroatoms. The summed E-state index contributed by atoms with van der Waals surface area (Å²) in [4.78, 5) is 25.3. The number of amides is 2. The van der Waals surface area contributed by atoms with Crippen LogP contribution in [0, 0.1) is 17.8 Å². The highest BCUT2D eigenvalue weighted by Crippen LogP contribution is 2.27. The van der Waals surface area contributed by atoms with E-state index in [0.717, 1.165) is 18.8 Å². The predicted octanol–water partition coefficient (Wildman–Crippen LogP) is 2.71. The first kappa shape index (κ1) is 16.1. The molecule has 2 fully saturated rings. The number of aliphatic carboxylic acids is 1. The maximum Gasteiger partial charge on any atom is 0.317 e. The first-order valence-electron chi connectivity index (χ1n) is 8.27. The highest BCUT2D eigenvalue weighted by Gasteiger charge is 2.33. The molecule has 0 radical (unpaired) electrons. The fraction of sp³-hybridized carbons (Fsp3) is 0.875. The van der Waals surface area contributed by atoms with E-state index in [1.165, 1.54) is 19.3 Å². The van der Waals surface area contributed by atoms with Crippen molar-refractivity contribution in [1.29, 1.82) is 0 Å². The smallest absolute Gasteiger partial charge is 0.317 e. The van der Waals surface area contributed by atoms with Gasteiger partial charge >= 0.3 is 12.0 Å². The third-order valence-electron chi connectivity index (χ3n) is 4.98. The number of nitrogens with zero attached hydrogens (tertiary/aromatic N) is 1. The average molecular weight is 296 g/mol. The van der Waals surface area contributed by atoms with Crippen LogP contribution in [0.5, 0.6) is 0 Å². The monoisotopic (exact) mass is 296 g/mol. The Morgan fingerprint density at radius 1 is 1.24 bits per heavy atom. The van der Waals surface area contributed by atoms with Crippen molar-refractivity contribution in [2.75, 3.05) is 13.1 Å². The number of nitrogens with one attached hydrogen (secondary N) is 1. The average Bonchev–Trinajstić information content (AvgIpc) is 2.46. The Hall–Kier alpha value is -1.26. The molecule has 1 saturated carbocycles. The third-order valence-corrected chi connectivity index (χ3v) is 4.98. The lowest BCUT2D eigenvalue weighted by Gasteiger charge is -2.37. The molecule has 4 unspecified atom stereocenters. The Labute approximate surface area is 127 Å². The van der Waals surface area contributed by atoms with Crippen LogP contribution in [-0.4, -0.2) is 41.1 Å². The molecule has 1 aliphatic heterocycles. The molecular formula is C16H28N2O3. The number of likely N-dealkylation sites (tertiary alicyclic amines) is 1. The molecule has 2 amide bonds. The second-order valence-electron chi connectivity index (χ2n) is 6.87. The van der Waals surface area contributed by atoms with Crippen LogP contribution < -0.4 is 5.32 Å². The second-order valence-corrected chi connectivity index (χ2v) is 6.87. The Morgan fingerprint density at radius 3 is 2.67 bits per heavy atom. The standard InChI is InChI=1S/C16H28N2O3/c1-3-12-5-4-6-14(8-12)17-16(21)18-9-11(2)7-13(10-18)15(19)20/h11-14H,3-10H2,1-2H3,(H,17,21)(H,19,20). The molecule has 1 aliphatic carbocycles. The molecule has 0 aromatic carbocycles. The molecule has 0 aromatic heterocycles. The van der Waals surface area contributed by atoms with Crippen LogP contribution in [0.1, 0.15) is 52.4 Å². The second kappa shape index (κ2) is 7.14. The van der Waals surface area contributed by atoms with Crippen LogP contribution in [0.25, 0.3) is 0 Å². The van der Waals surface area contributed by atoms with Crippen molar-refractivity contribution in [3.63, 3.8) is 0 Å². The van der Waals surface area contributed by atoms with Crippen molar-refractivity contribution in [2.24, 2.45) is 17.8 Å². The molecule has 2 N–H and O–H groups in total. The Bertz CT molecular complexity index is 386. The lowest BCUT2D eigenvalue weighted by atomic mass is 9.84. The van der Waals surface area contributed by atoms with E-state index in [2.05, 4.69) is 12.2 Å². The Morgan fingerprint density at radius 2 is 2.00 bits per heavy atom. The summed E-state index contributed by atoms with van der Waals surface area (Å²) in [5.41, 5.74) is 0. The minimum Gasteiger partial charge on any atom is -0.481 e. The van der Waals surface area contributed by atoms with E-state index in [9.17, 15) is 14.7 Å². The van der Waals surface area contributed by atoms with Gasteiger partial charge in [-0.3, -0.25) is 4.79 Å². The fourth-order valence-electron chi connectivity index (χ4n) is 3.76. The van der Waals surface area contributed by atoms with Crippen molar-refractivity contribution in [3.8, 4) is 0 Å². The number of carbonyl (C=O) groups excluding carboxylic acids is 1. The molecule has 21 heavy (non-hydrogen) atoms. The summed E-state index contributed by atoms with van der Waals surface area (Å²) in [7, 11) is 0. The number of carboxylic acids is 1. The summed E-state index contributed by atoms with van der Waals surface area (Å²) < 4.78 is 0. The number of carbonyl (C=O) groups is 2. The SMILES string of the molecule is CCC1CCCC(NC(=O)N2CC(C)CC(C(=O)O)C2)C1. The van der Waals surface area contributed by atoms with Gasteiger partial charge < -0.3 is 15.3 Å². The normalized spacial score (nSPS) is 33.5.